The summed E-state index contributed by atoms with van der Waals surface area (Å²) in [6.07, 6.45) is 2.91. The normalized spacial score (nSPS) is 16.4. The van der Waals surface area contributed by atoms with Gasteiger partial charge in [0.25, 0.3) is 0 Å². The van der Waals surface area contributed by atoms with Crippen LogP contribution in [0, 0.1) is 0 Å². The molecule has 1 unspecified atom stereocenters. The smallest absolute Gasteiger partial charge is 0.383 e. The maximum atomic E-state index is 13.3. The van der Waals surface area contributed by atoms with E-state index in [2.05, 4.69) is 26.0 Å². The molecule has 0 aromatic carbocycles. The number of rotatable bonds is 10. The number of hydrogen-bond donors (Lipinski definition) is 1. The highest BCUT2D eigenvalue weighted by Crippen LogP contribution is 2.45. The first-order valence-corrected chi connectivity index (χ1v) is 8.82. The van der Waals surface area contributed by atoms with Crippen LogP contribution < -0.4 is 0 Å². The quantitative estimate of drug-likeness (QED) is 0.315. The molecule has 0 aromatic rings. The molecule has 0 aliphatic heterocycles. The van der Waals surface area contributed by atoms with Crippen LogP contribution in [0.25, 0.3) is 0 Å². The molecule has 152 valence electrons. The summed E-state index contributed by atoms with van der Waals surface area (Å²) in [6, 6.07) is 0. The molecule has 0 saturated carbocycles. The third-order valence-corrected chi connectivity index (χ3v) is 4.28. The van der Waals surface area contributed by atoms with Gasteiger partial charge in [0, 0.05) is 0 Å². The van der Waals surface area contributed by atoms with E-state index in [1.807, 2.05) is 13.8 Å². The second-order valence-corrected chi connectivity index (χ2v) is 7.34. The summed E-state index contributed by atoms with van der Waals surface area (Å²) in [5.74, 6) is -5.13. The van der Waals surface area contributed by atoms with E-state index in [1.165, 1.54) is 11.1 Å². The summed E-state index contributed by atoms with van der Waals surface area (Å²) in [7, 11) is 0. The van der Waals surface area contributed by atoms with Gasteiger partial charge in [-0.05, 0) is 73.1 Å². The average Bonchev–Trinajstić information content (AvgIpc) is 2.45. The molecule has 0 amide bonds. The highest BCUT2D eigenvalue weighted by molar-refractivity contribution is 5.06. The summed E-state index contributed by atoms with van der Waals surface area (Å²) in [6.45, 7) is 8.49. The van der Waals surface area contributed by atoms with E-state index in [4.69, 9.17) is 0 Å². The molecule has 0 radical (unpaired) electrons. The number of hydrogen-bond acceptors (Lipinski definition) is 1. The molecule has 0 aromatic heterocycles. The largest absolute Gasteiger partial charge is 0.456 e. The van der Waals surface area contributed by atoms with Crippen LogP contribution in [0.4, 0.5) is 22.0 Å². The van der Waals surface area contributed by atoms with Crippen molar-refractivity contribution in [2.45, 2.75) is 90.8 Å². The molecule has 6 heteroatoms. The first-order chi connectivity index (χ1) is 11.7. The van der Waals surface area contributed by atoms with Gasteiger partial charge < -0.3 is 5.11 Å². The number of aliphatic hydroxyl groups is 1. The Hall–Kier alpha value is -1.17. The molecule has 0 saturated heterocycles. The monoisotopic (exact) mass is 382 g/mol. The molecule has 26 heavy (non-hydrogen) atoms. The summed E-state index contributed by atoms with van der Waals surface area (Å²) in [5, 5.41) is 9.55. The van der Waals surface area contributed by atoms with E-state index < -0.39 is 24.1 Å². The van der Waals surface area contributed by atoms with Crippen LogP contribution >= 0.6 is 0 Å². The van der Waals surface area contributed by atoms with Crippen molar-refractivity contribution in [2.24, 2.45) is 0 Å². The number of alkyl halides is 5. The Labute approximate surface area is 153 Å². The van der Waals surface area contributed by atoms with Gasteiger partial charge in [-0.3, -0.25) is 0 Å². The van der Waals surface area contributed by atoms with Gasteiger partial charge in [-0.25, -0.2) is 0 Å². The van der Waals surface area contributed by atoms with E-state index in [1.54, 1.807) is 6.08 Å². The Morgan fingerprint density at radius 2 is 1.19 bits per heavy atom. The van der Waals surface area contributed by atoms with E-state index in [9.17, 15) is 27.1 Å². The van der Waals surface area contributed by atoms with E-state index >= 15 is 0 Å². The lowest BCUT2D eigenvalue weighted by atomic mass is 9.91. The number of allylic oxidation sites excluding steroid dienone is 6. The minimum absolute atomic E-state index is 0.0340. The Kier molecular flexibility index (Phi) is 9.78. The molecule has 1 nitrogen and oxygen atoms in total. The summed E-state index contributed by atoms with van der Waals surface area (Å²) >= 11 is 0. The maximum Gasteiger partial charge on any atom is 0.456 e. The average molecular weight is 382 g/mol. The van der Waals surface area contributed by atoms with Gasteiger partial charge in [-0.2, -0.15) is 22.0 Å². The second kappa shape index (κ2) is 10.2. The first-order valence-electron chi connectivity index (χ1n) is 8.82. The zero-order chi connectivity index (χ0) is 20.6. The minimum Gasteiger partial charge on any atom is -0.383 e. The van der Waals surface area contributed by atoms with Gasteiger partial charge in [-0.1, -0.05) is 34.9 Å². The molecule has 1 atom stereocenters. The summed E-state index contributed by atoms with van der Waals surface area (Å²) in [4.78, 5) is 0. The Morgan fingerprint density at radius 3 is 1.62 bits per heavy atom. The Bertz CT molecular complexity index is 521. The van der Waals surface area contributed by atoms with Crippen molar-refractivity contribution >= 4 is 0 Å². The van der Waals surface area contributed by atoms with Crippen LogP contribution in [0.2, 0.25) is 0 Å². The van der Waals surface area contributed by atoms with Crippen molar-refractivity contribution in [1.29, 1.82) is 0 Å². The number of halogens is 5. The molecule has 0 bridgehead atoms. The van der Waals surface area contributed by atoms with Crippen LogP contribution in [0.5, 0.6) is 0 Å². The molecule has 0 aliphatic carbocycles. The van der Waals surface area contributed by atoms with Gasteiger partial charge in [0.1, 0.15) is 5.60 Å². The predicted molar refractivity (Wildman–Crippen MR) is 96.3 cm³/mol. The van der Waals surface area contributed by atoms with Gasteiger partial charge >= 0.3 is 12.1 Å². The zero-order valence-electron chi connectivity index (χ0n) is 16.3. The van der Waals surface area contributed by atoms with Gasteiger partial charge in [0.05, 0.1) is 0 Å². The van der Waals surface area contributed by atoms with E-state index in [0.717, 1.165) is 24.8 Å². The van der Waals surface area contributed by atoms with E-state index in [-0.39, 0.29) is 6.42 Å². The van der Waals surface area contributed by atoms with Crippen LogP contribution in [0.15, 0.2) is 34.9 Å². The minimum atomic E-state index is -5.76. The van der Waals surface area contributed by atoms with Gasteiger partial charge in [-0.15, -0.1) is 0 Å². The van der Waals surface area contributed by atoms with Crippen molar-refractivity contribution < 1.29 is 27.1 Å². The molecule has 1 N–H and O–H groups in total. The lowest BCUT2D eigenvalue weighted by Crippen LogP contribution is -2.55. The van der Waals surface area contributed by atoms with E-state index in [0.29, 0.717) is 13.3 Å². The van der Waals surface area contributed by atoms with Crippen molar-refractivity contribution in [3.05, 3.63) is 34.9 Å². The third-order valence-electron chi connectivity index (χ3n) is 4.28. The van der Waals surface area contributed by atoms with Crippen LogP contribution in [0.3, 0.4) is 0 Å². The fourth-order valence-electron chi connectivity index (χ4n) is 2.40. The Balaban J connectivity index is 4.44. The highest BCUT2D eigenvalue weighted by atomic mass is 19.4. The molecule has 0 heterocycles. The Morgan fingerprint density at radius 1 is 0.769 bits per heavy atom. The maximum absolute atomic E-state index is 13.3. The van der Waals surface area contributed by atoms with Gasteiger partial charge in [0.2, 0.25) is 0 Å². The fourth-order valence-corrected chi connectivity index (χ4v) is 2.40. The fraction of sp³-hybridized carbons (Fsp3) is 0.700. The molecule has 0 rings (SSSR count). The second-order valence-electron chi connectivity index (χ2n) is 7.34. The van der Waals surface area contributed by atoms with Crippen molar-refractivity contribution in [2.75, 3.05) is 0 Å². The molecule has 0 spiro atoms. The summed E-state index contributed by atoms with van der Waals surface area (Å²) < 4.78 is 63.6. The van der Waals surface area contributed by atoms with Crippen LogP contribution in [-0.2, 0) is 0 Å². The van der Waals surface area contributed by atoms with Crippen LogP contribution in [0.1, 0.15) is 73.1 Å². The molecule has 0 aliphatic rings. The van der Waals surface area contributed by atoms with Crippen LogP contribution in [-0.4, -0.2) is 22.8 Å². The summed E-state index contributed by atoms with van der Waals surface area (Å²) in [5.41, 5.74) is 0.333. The van der Waals surface area contributed by atoms with Crippen molar-refractivity contribution in [3.63, 3.8) is 0 Å². The molecule has 0 fully saturated rings. The zero-order valence-corrected chi connectivity index (χ0v) is 16.3. The topological polar surface area (TPSA) is 20.2 Å². The predicted octanol–water partition coefficient (Wildman–Crippen LogP) is 7.13. The van der Waals surface area contributed by atoms with Crippen molar-refractivity contribution in [3.8, 4) is 0 Å². The highest BCUT2D eigenvalue weighted by Gasteiger charge is 2.67. The first kappa shape index (κ1) is 24.8. The lowest BCUT2D eigenvalue weighted by molar-refractivity contribution is -0.338. The molecular formula is C20H31F5O. The SMILES string of the molecule is CC(C)=CCC/C(C)=C/CC/C(C)=C/CCC(C)(O)C(F)(F)C(F)(F)F. The molecular weight excluding hydrogens is 351 g/mol. The lowest BCUT2D eigenvalue weighted by Gasteiger charge is -2.33. The third kappa shape index (κ3) is 8.47. The standard InChI is InChI=1S/C20H31F5O/c1-15(2)9-6-10-16(3)11-7-12-17(4)13-8-14-18(5,26)19(21,22)20(23,24)25/h9,11,13,26H,6-8,10,12,14H2,1-5H3/b16-11+,17-13+. The van der Waals surface area contributed by atoms with Gasteiger partial charge in [0.15, 0.2) is 0 Å². The van der Waals surface area contributed by atoms with Crippen molar-refractivity contribution in [1.82, 2.24) is 0 Å².